The fraction of sp³-hybridized carbons (Fsp3) is 0.286. The molecule has 0 aliphatic rings. The number of aromatic hydroxyl groups is 1. The van der Waals surface area contributed by atoms with Gasteiger partial charge in [-0.2, -0.15) is 0 Å². The summed E-state index contributed by atoms with van der Waals surface area (Å²) >= 11 is 3.50. The van der Waals surface area contributed by atoms with E-state index in [0.29, 0.717) is 28.2 Å². The van der Waals surface area contributed by atoms with Crippen LogP contribution in [0.3, 0.4) is 0 Å². The number of nitrogens with zero attached hydrogens (tertiary/aromatic N) is 1. The van der Waals surface area contributed by atoms with Crippen LogP contribution in [-0.2, 0) is 12.2 Å². The van der Waals surface area contributed by atoms with Crippen molar-refractivity contribution in [2.75, 3.05) is 0 Å². The number of aliphatic hydroxyl groups is 2. The first-order valence-corrected chi connectivity index (χ1v) is 14.4. The molecule has 3 aromatic carbocycles. The van der Waals surface area contributed by atoms with Crippen LogP contribution < -0.4 is 0 Å². The molecular weight excluding hydrogens is 562 g/mol. The van der Waals surface area contributed by atoms with E-state index >= 15 is 0 Å². The van der Waals surface area contributed by atoms with Crippen molar-refractivity contribution in [3.8, 4) is 5.75 Å². The number of phenolic OH excluding ortho intramolecular Hbond substituents is 1. The SMILES string of the molecule is C=C(c1cccc(O)c1)c1cc(C(O)(/C(C)=C/N=CC(C)C)c2ccc(Br)c(CO)c2)ccc1/C=C\C(C)CC. The molecule has 3 rings (SSSR count). The molecule has 3 aromatic rings. The molecule has 3 N–H and O–H groups in total. The normalized spacial score (nSPS) is 14.7. The Morgan fingerprint density at radius 1 is 1.05 bits per heavy atom. The number of aliphatic imine (C=N–C) groups is 1. The van der Waals surface area contributed by atoms with Gasteiger partial charge in [-0.1, -0.05) is 99.1 Å². The van der Waals surface area contributed by atoms with Crippen LogP contribution in [0.5, 0.6) is 5.75 Å². The lowest BCUT2D eigenvalue weighted by Crippen LogP contribution is -2.29. The number of aliphatic hydroxyl groups excluding tert-OH is 1. The van der Waals surface area contributed by atoms with Crippen LogP contribution in [0.2, 0.25) is 0 Å². The molecule has 0 saturated heterocycles. The third kappa shape index (κ3) is 7.28. The first-order valence-electron chi connectivity index (χ1n) is 13.6. The molecule has 0 fully saturated rings. The van der Waals surface area contributed by atoms with Crippen molar-refractivity contribution >= 4 is 33.8 Å². The average molecular weight is 603 g/mol. The summed E-state index contributed by atoms with van der Waals surface area (Å²) in [7, 11) is 0. The quantitative estimate of drug-likeness (QED) is 0.192. The molecule has 210 valence electrons. The van der Waals surface area contributed by atoms with Gasteiger partial charge >= 0.3 is 0 Å². The molecule has 2 unspecified atom stereocenters. The molecule has 5 heteroatoms. The van der Waals surface area contributed by atoms with Crippen LogP contribution in [0.4, 0.5) is 0 Å². The maximum atomic E-state index is 12.5. The Labute approximate surface area is 247 Å². The topological polar surface area (TPSA) is 73.0 Å². The van der Waals surface area contributed by atoms with Crippen LogP contribution in [0.25, 0.3) is 11.6 Å². The Morgan fingerprint density at radius 2 is 1.75 bits per heavy atom. The van der Waals surface area contributed by atoms with Crippen LogP contribution >= 0.6 is 15.9 Å². The number of halogens is 1. The van der Waals surface area contributed by atoms with Crippen molar-refractivity contribution in [1.82, 2.24) is 0 Å². The van der Waals surface area contributed by atoms with E-state index in [-0.39, 0.29) is 18.3 Å². The maximum absolute atomic E-state index is 12.5. The highest BCUT2D eigenvalue weighted by Gasteiger charge is 2.35. The van der Waals surface area contributed by atoms with Crippen LogP contribution in [0.15, 0.2) is 94.6 Å². The number of allylic oxidation sites excluding steroid dienone is 1. The largest absolute Gasteiger partial charge is 0.508 e. The average Bonchev–Trinajstić information content (AvgIpc) is 2.94. The summed E-state index contributed by atoms with van der Waals surface area (Å²) in [6.45, 7) is 14.5. The van der Waals surface area contributed by atoms with Crippen molar-refractivity contribution < 1.29 is 15.3 Å². The van der Waals surface area contributed by atoms with E-state index in [1.54, 1.807) is 24.4 Å². The van der Waals surface area contributed by atoms with Gasteiger partial charge in [0.15, 0.2) is 0 Å². The van der Waals surface area contributed by atoms with Gasteiger partial charge in [-0.25, -0.2) is 0 Å². The van der Waals surface area contributed by atoms with Gasteiger partial charge in [-0.05, 0) is 93.6 Å². The zero-order valence-corrected chi connectivity index (χ0v) is 25.6. The summed E-state index contributed by atoms with van der Waals surface area (Å²) in [6.07, 6.45) is 8.83. The second kappa shape index (κ2) is 13.9. The molecule has 0 spiro atoms. The van der Waals surface area contributed by atoms with Gasteiger partial charge in [0.25, 0.3) is 0 Å². The number of hydrogen-bond donors (Lipinski definition) is 3. The van der Waals surface area contributed by atoms with E-state index in [9.17, 15) is 15.3 Å². The molecule has 2 atom stereocenters. The molecule has 0 radical (unpaired) electrons. The summed E-state index contributed by atoms with van der Waals surface area (Å²) < 4.78 is 0.768. The monoisotopic (exact) mass is 601 g/mol. The first-order chi connectivity index (χ1) is 19.0. The van der Waals surface area contributed by atoms with Gasteiger partial charge in [-0.15, -0.1) is 0 Å². The Balaban J connectivity index is 2.30. The second-order valence-electron chi connectivity index (χ2n) is 10.6. The van der Waals surface area contributed by atoms with Gasteiger partial charge in [0, 0.05) is 16.9 Å². The molecule has 0 aliphatic carbocycles. The standard InChI is InChI=1S/C35H40BrNO3/c1-7-24(4)11-12-27-13-14-31(19-33(27)26(6)28-9-8-10-32(39)18-28)35(40,25(5)21-37-20-23(2)3)30-15-16-34(36)29(17-30)22-38/h8-21,23-24,38-40H,6-7,22H2,1-5H3/b12-11-,25-21+,37-20?. The highest BCUT2D eigenvalue weighted by atomic mass is 79.9. The number of benzene rings is 3. The minimum Gasteiger partial charge on any atom is -0.508 e. The van der Waals surface area contributed by atoms with Gasteiger partial charge in [-0.3, -0.25) is 4.99 Å². The molecular formula is C35H40BrNO3. The Bertz CT molecular complexity index is 1440. The third-order valence-corrected chi connectivity index (χ3v) is 7.87. The van der Waals surface area contributed by atoms with Crippen LogP contribution in [0, 0.1) is 11.8 Å². The molecule has 40 heavy (non-hydrogen) atoms. The number of hydrogen-bond acceptors (Lipinski definition) is 4. The van der Waals surface area contributed by atoms with E-state index in [4.69, 9.17) is 0 Å². The molecule has 0 saturated carbocycles. The van der Waals surface area contributed by atoms with Gasteiger partial charge in [0.05, 0.1) is 6.61 Å². The van der Waals surface area contributed by atoms with E-state index in [1.165, 1.54) is 0 Å². The minimum absolute atomic E-state index is 0.163. The predicted octanol–water partition coefficient (Wildman–Crippen LogP) is 8.63. The van der Waals surface area contributed by atoms with Gasteiger partial charge in [0.1, 0.15) is 11.4 Å². The molecule has 0 bridgehead atoms. The van der Waals surface area contributed by atoms with Gasteiger partial charge < -0.3 is 15.3 Å². The fourth-order valence-electron chi connectivity index (χ4n) is 4.40. The van der Waals surface area contributed by atoms with E-state index < -0.39 is 5.60 Å². The molecule has 0 amide bonds. The highest BCUT2D eigenvalue weighted by Crippen LogP contribution is 2.40. The lowest BCUT2D eigenvalue weighted by atomic mass is 9.78. The lowest BCUT2D eigenvalue weighted by molar-refractivity contribution is 0.120. The zero-order valence-electron chi connectivity index (χ0n) is 24.0. The molecule has 4 nitrogen and oxygen atoms in total. The maximum Gasteiger partial charge on any atom is 0.138 e. The van der Waals surface area contributed by atoms with Crippen molar-refractivity contribution in [2.24, 2.45) is 16.8 Å². The number of rotatable bonds is 11. The summed E-state index contributed by atoms with van der Waals surface area (Å²) in [5.41, 5.74) is 4.36. The highest BCUT2D eigenvalue weighted by molar-refractivity contribution is 9.10. The Kier molecular flexibility index (Phi) is 10.9. The van der Waals surface area contributed by atoms with Crippen LogP contribution in [0.1, 0.15) is 74.4 Å². The number of phenols is 1. The first kappa shape index (κ1) is 31.3. The van der Waals surface area contributed by atoms with E-state index in [2.05, 4.69) is 53.5 Å². The molecule has 0 heterocycles. The van der Waals surface area contributed by atoms with Crippen molar-refractivity contribution in [1.29, 1.82) is 0 Å². The molecule has 0 aliphatic heterocycles. The second-order valence-corrected chi connectivity index (χ2v) is 11.5. The Hall–Kier alpha value is -3.25. The Morgan fingerprint density at radius 3 is 2.40 bits per heavy atom. The van der Waals surface area contributed by atoms with Crippen molar-refractivity contribution in [3.63, 3.8) is 0 Å². The van der Waals surface area contributed by atoms with Gasteiger partial charge in [0.2, 0.25) is 0 Å². The summed E-state index contributed by atoms with van der Waals surface area (Å²) in [5.74, 6) is 0.831. The summed E-state index contributed by atoms with van der Waals surface area (Å²) in [6, 6.07) is 18.4. The van der Waals surface area contributed by atoms with Crippen LogP contribution in [-0.4, -0.2) is 21.5 Å². The molecule has 0 aromatic heterocycles. The zero-order chi connectivity index (χ0) is 29.4. The summed E-state index contributed by atoms with van der Waals surface area (Å²) in [4.78, 5) is 4.48. The lowest BCUT2D eigenvalue weighted by Gasteiger charge is -2.32. The minimum atomic E-state index is -1.54. The van der Waals surface area contributed by atoms with Crippen molar-refractivity contribution in [2.45, 2.75) is 53.2 Å². The van der Waals surface area contributed by atoms with Crippen molar-refractivity contribution in [3.05, 3.63) is 123 Å². The van der Waals surface area contributed by atoms with E-state index in [0.717, 1.165) is 33.2 Å². The fourth-order valence-corrected chi connectivity index (χ4v) is 4.78. The third-order valence-electron chi connectivity index (χ3n) is 7.10. The summed E-state index contributed by atoms with van der Waals surface area (Å²) in [5, 5.41) is 32.6. The predicted molar refractivity (Wildman–Crippen MR) is 171 cm³/mol. The smallest absolute Gasteiger partial charge is 0.138 e. The van der Waals surface area contributed by atoms with E-state index in [1.807, 2.05) is 69.5 Å².